The summed E-state index contributed by atoms with van der Waals surface area (Å²) in [5.74, 6) is -1.16. The Morgan fingerprint density at radius 2 is 1.76 bits per heavy atom. The van der Waals surface area contributed by atoms with Crippen molar-refractivity contribution in [3.63, 3.8) is 0 Å². The number of carbonyl (C=O) groups is 3. The summed E-state index contributed by atoms with van der Waals surface area (Å²) in [5.41, 5.74) is 1.88. The molecule has 2 rings (SSSR count). The maximum Gasteiger partial charge on any atom is 0.408 e. The van der Waals surface area contributed by atoms with Crippen molar-refractivity contribution >= 4 is 35.2 Å². The average Bonchev–Trinajstić information content (AvgIpc) is 2.73. The second-order valence-corrected chi connectivity index (χ2v) is 9.48. The summed E-state index contributed by atoms with van der Waals surface area (Å²) in [6, 6.07) is 10.1. The molecule has 0 fully saturated rings. The SMILES string of the molecule is Cc1cccc(C(C(=O)Nc2c(C)cccc2Cl)N(C)C(=O)C(CO)NC(=O)OC(C)(C)C)c1. The van der Waals surface area contributed by atoms with Crippen molar-refractivity contribution in [2.75, 3.05) is 19.0 Å². The highest BCUT2D eigenvalue weighted by molar-refractivity contribution is 6.34. The zero-order valence-electron chi connectivity index (χ0n) is 20.3. The molecule has 34 heavy (non-hydrogen) atoms. The van der Waals surface area contributed by atoms with Gasteiger partial charge in [-0.3, -0.25) is 9.59 Å². The molecular weight excluding hydrogens is 458 g/mol. The van der Waals surface area contributed by atoms with Gasteiger partial charge in [0.2, 0.25) is 5.91 Å². The number of alkyl carbamates (subject to hydrolysis) is 1. The molecule has 2 aromatic rings. The Balaban J connectivity index is 2.37. The first kappa shape index (κ1) is 27.1. The maximum atomic E-state index is 13.5. The number of amides is 3. The van der Waals surface area contributed by atoms with Crippen molar-refractivity contribution in [3.8, 4) is 0 Å². The number of aryl methyl sites for hydroxylation is 2. The lowest BCUT2D eigenvalue weighted by Gasteiger charge is -2.31. The molecule has 0 bridgehead atoms. The van der Waals surface area contributed by atoms with E-state index in [9.17, 15) is 19.5 Å². The fourth-order valence-corrected chi connectivity index (χ4v) is 3.65. The molecule has 8 nitrogen and oxygen atoms in total. The lowest BCUT2D eigenvalue weighted by atomic mass is 10.0. The molecular formula is C25H32ClN3O5. The molecule has 0 aliphatic heterocycles. The Kier molecular flexibility index (Phi) is 9.06. The van der Waals surface area contributed by atoms with Gasteiger partial charge in [-0.05, 0) is 51.8 Å². The minimum Gasteiger partial charge on any atom is -0.444 e. The summed E-state index contributed by atoms with van der Waals surface area (Å²) in [6.07, 6.45) is -0.850. The number of hydrogen-bond acceptors (Lipinski definition) is 5. The molecule has 0 aromatic heterocycles. The van der Waals surface area contributed by atoms with Crippen LogP contribution in [0.5, 0.6) is 0 Å². The highest BCUT2D eigenvalue weighted by Crippen LogP contribution is 2.29. The van der Waals surface area contributed by atoms with E-state index in [1.54, 1.807) is 51.1 Å². The topological polar surface area (TPSA) is 108 Å². The van der Waals surface area contributed by atoms with Crippen LogP contribution in [0.15, 0.2) is 42.5 Å². The van der Waals surface area contributed by atoms with Crippen molar-refractivity contribution < 1.29 is 24.2 Å². The standard InChI is InChI=1S/C25H32ClN3O5/c1-15-9-7-11-17(13-15)21(22(31)28-20-16(2)10-8-12-18(20)26)29(6)23(32)19(14-30)27-24(33)34-25(3,4)5/h7-13,19,21,30H,14H2,1-6H3,(H,27,33)(H,28,31). The summed E-state index contributed by atoms with van der Waals surface area (Å²) in [7, 11) is 1.44. The highest BCUT2D eigenvalue weighted by atomic mass is 35.5. The smallest absolute Gasteiger partial charge is 0.408 e. The Hall–Kier alpha value is -3.10. The number of ether oxygens (including phenoxy) is 1. The molecule has 0 radical (unpaired) electrons. The third kappa shape index (κ3) is 7.20. The van der Waals surface area contributed by atoms with Crippen LogP contribution < -0.4 is 10.6 Å². The molecule has 2 aromatic carbocycles. The van der Waals surface area contributed by atoms with Crippen LogP contribution >= 0.6 is 11.6 Å². The van der Waals surface area contributed by atoms with Crippen LogP contribution in [0.2, 0.25) is 5.02 Å². The average molecular weight is 490 g/mol. The largest absolute Gasteiger partial charge is 0.444 e. The predicted octanol–water partition coefficient (Wildman–Crippen LogP) is 3.98. The molecule has 3 N–H and O–H groups in total. The molecule has 0 aliphatic rings. The molecule has 0 saturated heterocycles. The number of aliphatic hydroxyl groups excluding tert-OH is 1. The number of aliphatic hydroxyl groups is 1. The number of nitrogens with zero attached hydrogens (tertiary/aromatic N) is 1. The van der Waals surface area contributed by atoms with Gasteiger partial charge in [0.05, 0.1) is 17.3 Å². The minimum atomic E-state index is -1.30. The van der Waals surface area contributed by atoms with Crippen molar-refractivity contribution in [2.45, 2.75) is 52.3 Å². The number of para-hydroxylation sites is 1. The molecule has 0 heterocycles. The molecule has 184 valence electrons. The Morgan fingerprint density at radius 1 is 1.12 bits per heavy atom. The highest BCUT2D eigenvalue weighted by Gasteiger charge is 2.34. The van der Waals surface area contributed by atoms with E-state index in [0.717, 1.165) is 11.1 Å². The van der Waals surface area contributed by atoms with Gasteiger partial charge in [0.1, 0.15) is 17.7 Å². The first-order chi connectivity index (χ1) is 15.8. The minimum absolute atomic E-state index is 0.366. The van der Waals surface area contributed by atoms with E-state index in [1.807, 2.05) is 26.0 Å². The van der Waals surface area contributed by atoms with Crippen LogP contribution in [-0.2, 0) is 14.3 Å². The molecule has 0 spiro atoms. The lowest BCUT2D eigenvalue weighted by Crippen LogP contribution is -2.52. The zero-order chi connectivity index (χ0) is 25.6. The molecule has 2 atom stereocenters. The van der Waals surface area contributed by atoms with E-state index in [0.29, 0.717) is 16.3 Å². The van der Waals surface area contributed by atoms with Gasteiger partial charge in [0, 0.05) is 7.05 Å². The van der Waals surface area contributed by atoms with Gasteiger partial charge in [-0.1, -0.05) is 53.6 Å². The fraction of sp³-hybridized carbons (Fsp3) is 0.400. The number of nitrogens with one attached hydrogen (secondary N) is 2. The number of halogens is 1. The van der Waals surface area contributed by atoms with Crippen molar-refractivity contribution in [1.82, 2.24) is 10.2 Å². The molecule has 0 saturated carbocycles. The molecule has 9 heteroatoms. The van der Waals surface area contributed by atoms with Gasteiger partial charge in [0.15, 0.2) is 0 Å². The first-order valence-corrected chi connectivity index (χ1v) is 11.2. The van der Waals surface area contributed by atoms with Crippen LogP contribution in [0.4, 0.5) is 10.5 Å². The summed E-state index contributed by atoms with van der Waals surface area (Å²) >= 11 is 6.28. The number of rotatable bonds is 7. The number of hydrogen-bond donors (Lipinski definition) is 3. The van der Waals surface area contributed by atoms with Crippen molar-refractivity contribution in [2.24, 2.45) is 0 Å². The summed E-state index contributed by atoms with van der Waals surface area (Å²) in [4.78, 5) is 40.1. The third-order valence-electron chi connectivity index (χ3n) is 4.98. The van der Waals surface area contributed by atoms with E-state index in [4.69, 9.17) is 16.3 Å². The Morgan fingerprint density at radius 3 is 2.32 bits per heavy atom. The van der Waals surface area contributed by atoms with Crippen LogP contribution in [0, 0.1) is 13.8 Å². The summed E-state index contributed by atoms with van der Waals surface area (Å²) in [5, 5.41) is 15.4. The second kappa shape index (κ2) is 11.4. The number of carbonyl (C=O) groups excluding carboxylic acids is 3. The number of likely N-dealkylation sites (N-methyl/N-ethyl adjacent to an activating group) is 1. The molecule has 3 amide bonds. The van der Waals surface area contributed by atoms with Crippen LogP contribution in [-0.4, -0.2) is 53.2 Å². The van der Waals surface area contributed by atoms with Gasteiger partial charge in [0.25, 0.3) is 5.91 Å². The van der Waals surface area contributed by atoms with Crippen molar-refractivity contribution in [1.29, 1.82) is 0 Å². The van der Waals surface area contributed by atoms with Crippen LogP contribution in [0.25, 0.3) is 0 Å². The monoisotopic (exact) mass is 489 g/mol. The van der Waals surface area contributed by atoms with E-state index in [-0.39, 0.29) is 0 Å². The molecule has 2 unspecified atom stereocenters. The number of benzene rings is 2. The Bertz CT molecular complexity index is 1030. The van der Waals surface area contributed by atoms with E-state index >= 15 is 0 Å². The van der Waals surface area contributed by atoms with Crippen LogP contribution in [0.3, 0.4) is 0 Å². The Labute approximate surface area is 205 Å². The first-order valence-electron chi connectivity index (χ1n) is 10.8. The van der Waals surface area contributed by atoms with E-state index < -0.39 is 42.2 Å². The molecule has 0 aliphatic carbocycles. The van der Waals surface area contributed by atoms with Crippen LogP contribution in [0.1, 0.15) is 43.5 Å². The predicted molar refractivity (Wildman–Crippen MR) is 132 cm³/mol. The zero-order valence-corrected chi connectivity index (χ0v) is 21.1. The van der Waals surface area contributed by atoms with E-state index in [1.165, 1.54) is 11.9 Å². The van der Waals surface area contributed by atoms with E-state index in [2.05, 4.69) is 10.6 Å². The maximum absolute atomic E-state index is 13.5. The summed E-state index contributed by atoms with van der Waals surface area (Å²) < 4.78 is 5.19. The second-order valence-electron chi connectivity index (χ2n) is 9.07. The normalized spacial score (nSPS) is 12.9. The van der Waals surface area contributed by atoms with Gasteiger partial charge < -0.3 is 25.4 Å². The van der Waals surface area contributed by atoms with Gasteiger partial charge in [-0.15, -0.1) is 0 Å². The van der Waals surface area contributed by atoms with Gasteiger partial charge >= 0.3 is 6.09 Å². The third-order valence-corrected chi connectivity index (χ3v) is 5.30. The quantitative estimate of drug-likeness (QED) is 0.545. The fourth-order valence-electron chi connectivity index (χ4n) is 3.38. The van der Waals surface area contributed by atoms with Gasteiger partial charge in [-0.25, -0.2) is 4.79 Å². The van der Waals surface area contributed by atoms with Crippen molar-refractivity contribution in [3.05, 3.63) is 64.2 Å². The van der Waals surface area contributed by atoms with Gasteiger partial charge in [-0.2, -0.15) is 0 Å². The summed E-state index contributed by atoms with van der Waals surface area (Å²) in [6.45, 7) is 8.06. The number of anilines is 1. The lowest BCUT2D eigenvalue weighted by molar-refractivity contribution is -0.139.